The van der Waals surface area contributed by atoms with E-state index in [0.717, 1.165) is 23.7 Å². The van der Waals surface area contributed by atoms with Crippen LogP contribution in [-0.2, 0) is 0 Å². The Hall–Kier alpha value is 0. The van der Waals surface area contributed by atoms with Crippen molar-refractivity contribution in [3.05, 3.63) is 0 Å². The molecule has 16 atom stereocenters. The lowest BCUT2D eigenvalue weighted by atomic mass is 9.35. The van der Waals surface area contributed by atoms with Gasteiger partial charge >= 0.3 is 0 Å². The van der Waals surface area contributed by atoms with Crippen LogP contribution in [0.15, 0.2) is 0 Å². The molecule has 0 aromatic heterocycles. The first-order chi connectivity index (χ1) is 16.9. The summed E-state index contributed by atoms with van der Waals surface area (Å²) in [6, 6.07) is 0. The Morgan fingerprint density at radius 2 is 0.588 bits per heavy atom. The highest BCUT2D eigenvalue weighted by Gasteiger charge is 2.65. The van der Waals surface area contributed by atoms with Gasteiger partial charge in [-0.1, -0.05) is 38.5 Å². The molecule has 0 spiro atoms. The summed E-state index contributed by atoms with van der Waals surface area (Å²) in [5, 5.41) is 0. The second kappa shape index (κ2) is 7.76. The fraction of sp³-hybridized carbons (Fsp3) is 1.00. The standard InChI is InChI=1S/C34H52/c1-3-7-23-19(5-1)17-21-9-11-27-28-12-10-22-18-20-6-2-4-8-24(20)26-14-16-30(34(28)32(22)26)29-15-13-25(23)31(21)33(27)29/h19-34H,1-18H2. The minimum absolute atomic E-state index is 1.15. The maximum absolute atomic E-state index is 1.68. The third-order valence-electron chi connectivity index (χ3n) is 15.7. The number of fused-ring (bicyclic) bond motifs is 6. The van der Waals surface area contributed by atoms with Crippen molar-refractivity contribution in [1.29, 1.82) is 0 Å². The minimum Gasteiger partial charge on any atom is -0.0530 e. The van der Waals surface area contributed by atoms with E-state index in [2.05, 4.69) is 0 Å². The first-order valence-corrected chi connectivity index (χ1v) is 16.9. The van der Waals surface area contributed by atoms with Gasteiger partial charge in [-0.25, -0.2) is 0 Å². The van der Waals surface area contributed by atoms with Crippen LogP contribution >= 0.6 is 0 Å². The first-order valence-electron chi connectivity index (χ1n) is 16.9. The minimum atomic E-state index is 1.15. The van der Waals surface area contributed by atoms with E-state index >= 15 is 0 Å². The molecule has 9 rings (SSSR count). The lowest BCUT2D eigenvalue weighted by Gasteiger charge is -2.70. The van der Waals surface area contributed by atoms with Crippen LogP contribution in [0, 0.1) is 94.7 Å². The van der Waals surface area contributed by atoms with Crippen molar-refractivity contribution in [2.24, 2.45) is 94.7 Å². The smallest absolute Gasteiger partial charge is 0.0318 e. The fourth-order valence-corrected chi connectivity index (χ4v) is 15.3. The molecule has 0 amide bonds. The molecule has 9 aliphatic carbocycles. The normalized spacial score (nSPS) is 63.5. The van der Waals surface area contributed by atoms with Gasteiger partial charge in [-0.3, -0.25) is 0 Å². The lowest BCUT2D eigenvalue weighted by Crippen LogP contribution is -2.64. The van der Waals surface area contributed by atoms with Gasteiger partial charge in [0.25, 0.3) is 0 Å². The Balaban J connectivity index is 1.07. The average molecular weight is 461 g/mol. The highest BCUT2D eigenvalue weighted by Crippen LogP contribution is 2.72. The zero-order chi connectivity index (χ0) is 22.0. The van der Waals surface area contributed by atoms with Gasteiger partial charge in [-0.2, -0.15) is 0 Å². The molecule has 34 heavy (non-hydrogen) atoms. The molecule has 0 heterocycles. The van der Waals surface area contributed by atoms with Crippen molar-refractivity contribution in [2.45, 2.75) is 116 Å². The van der Waals surface area contributed by atoms with Crippen LogP contribution < -0.4 is 0 Å². The van der Waals surface area contributed by atoms with Crippen molar-refractivity contribution in [3.63, 3.8) is 0 Å². The number of hydrogen-bond donors (Lipinski definition) is 0. The molecule has 0 nitrogen and oxygen atoms in total. The second-order valence-corrected chi connectivity index (χ2v) is 16.0. The fourth-order valence-electron chi connectivity index (χ4n) is 15.3. The average Bonchev–Trinajstić information content (AvgIpc) is 2.90. The van der Waals surface area contributed by atoms with E-state index in [4.69, 9.17) is 0 Å². The Morgan fingerprint density at radius 1 is 0.235 bits per heavy atom. The number of rotatable bonds is 0. The third kappa shape index (κ3) is 2.74. The Bertz CT molecular complexity index is 724. The Labute approximate surface area is 210 Å². The van der Waals surface area contributed by atoms with E-state index in [1.165, 1.54) is 71.0 Å². The molecule has 9 saturated carbocycles. The summed E-state index contributed by atoms with van der Waals surface area (Å²) in [5.41, 5.74) is 0. The summed E-state index contributed by atoms with van der Waals surface area (Å²) in [6.07, 6.45) is 29.5. The summed E-state index contributed by atoms with van der Waals surface area (Å²) < 4.78 is 0. The maximum Gasteiger partial charge on any atom is -0.0318 e. The molecule has 0 saturated heterocycles. The van der Waals surface area contributed by atoms with E-state index in [9.17, 15) is 0 Å². The molecule has 0 aromatic rings. The van der Waals surface area contributed by atoms with E-state index in [-0.39, 0.29) is 0 Å². The van der Waals surface area contributed by atoms with Crippen molar-refractivity contribution in [3.8, 4) is 0 Å². The molecule has 188 valence electrons. The topological polar surface area (TPSA) is 0 Å². The van der Waals surface area contributed by atoms with Gasteiger partial charge in [0.05, 0.1) is 0 Å². The molecule has 0 aromatic carbocycles. The first kappa shape index (κ1) is 21.0. The summed E-state index contributed by atoms with van der Waals surface area (Å²) in [7, 11) is 0. The van der Waals surface area contributed by atoms with Gasteiger partial charge < -0.3 is 0 Å². The summed E-state index contributed by atoms with van der Waals surface area (Å²) in [6.45, 7) is 0. The van der Waals surface area contributed by atoms with Crippen LogP contribution in [0.2, 0.25) is 0 Å². The van der Waals surface area contributed by atoms with Gasteiger partial charge in [0, 0.05) is 0 Å². The van der Waals surface area contributed by atoms with E-state index < -0.39 is 0 Å². The molecular formula is C34H52. The van der Waals surface area contributed by atoms with E-state index in [1.807, 2.05) is 0 Å². The van der Waals surface area contributed by atoms with Gasteiger partial charge in [0.2, 0.25) is 0 Å². The third-order valence-corrected chi connectivity index (χ3v) is 15.7. The van der Waals surface area contributed by atoms with E-state index in [1.54, 1.807) is 116 Å². The summed E-state index contributed by atoms with van der Waals surface area (Å²) >= 11 is 0. The predicted octanol–water partition coefficient (Wildman–Crippen LogP) is 8.99. The van der Waals surface area contributed by atoms with Gasteiger partial charge in [-0.15, -0.1) is 0 Å². The van der Waals surface area contributed by atoms with E-state index in [0.29, 0.717) is 0 Å². The monoisotopic (exact) mass is 460 g/mol. The molecule has 9 aliphatic rings. The largest absolute Gasteiger partial charge is 0.0530 e. The Kier molecular flexibility index (Phi) is 4.79. The molecule has 0 aliphatic heterocycles. The van der Waals surface area contributed by atoms with Crippen molar-refractivity contribution < 1.29 is 0 Å². The van der Waals surface area contributed by atoms with Gasteiger partial charge in [0.1, 0.15) is 0 Å². The molecule has 0 bridgehead atoms. The van der Waals surface area contributed by atoms with Gasteiger partial charge in [-0.05, 0) is 172 Å². The highest BCUT2D eigenvalue weighted by molar-refractivity contribution is 5.14. The van der Waals surface area contributed by atoms with Crippen LogP contribution in [0.4, 0.5) is 0 Å². The molecule has 9 fully saturated rings. The zero-order valence-corrected chi connectivity index (χ0v) is 22.0. The number of hydrogen-bond acceptors (Lipinski definition) is 0. The molecule has 0 heteroatoms. The zero-order valence-electron chi connectivity index (χ0n) is 22.0. The van der Waals surface area contributed by atoms with Gasteiger partial charge in [0.15, 0.2) is 0 Å². The predicted molar refractivity (Wildman–Crippen MR) is 139 cm³/mol. The van der Waals surface area contributed by atoms with Crippen molar-refractivity contribution in [2.75, 3.05) is 0 Å². The SMILES string of the molecule is C1CCC2C(C1)CC1CCC3C4CCC5CC6CCCCC6C6CCC(C7CCC2C1C37)C4C56. The Morgan fingerprint density at radius 3 is 1.03 bits per heavy atom. The molecule has 16 unspecified atom stereocenters. The quantitative estimate of drug-likeness (QED) is 0.338. The molecular weight excluding hydrogens is 408 g/mol. The molecule has 0 N–H and O–H groups in total. The van der Waals surface area contributed by atoms with Crippen LogP contribution in [0.1, 0.15) is 116 Å². The van der Waals surface area contributed by atoms with Crippen molar-refractivity contribution >= 4 is 0 Å². The van der Waals surface area contributed by atoms with Crippen LogP contribution in [0.5, 0.6) is 0 Å². The second-order valence-electron chi connectivity index (χ2n) is 16.0. The highest BCUT2D eigenvalue weighted by atomic mass is 14.7. The van der Waals surface area contributed by atoms with Crippen LogP contribution in [-0.4, -0.2) is 0 Å². The van der Waals surface area contributed by atoms with Crippen LogP contribution in [0.3, 0.4) is 0 Å². The van der Waals surface area contributed by atoms with Crippen molar-refractivity contribution in [1.82, 2.24) is 0 Å². The summed E-state index contributed by atoms with van der Waals surface area (Å²) in [4.78, 5) is 0. The summed E-state index contributed by atoms with van der Waals surface area (Å²) in [5.74, 6) is 18.8. The van der Waals surface area contributed by atoms with Crippen LogP contribution in [0.25, 0.3) is 0 Å². The maximum atomic E-state index is 1.68. The lowest BCUT2D eigenvalue weighted by molar-refractivity contribution is -0.217. The molecule has 0 radical (unpaired) electrons.